The monoisotopic (exact) mass is 303 g/mol. The average Bonchev–Trinajstić information content (AvgIpc) is 2.77. The van der Waals surface area contributed by atoms with E-state index in [0.29, 0.717) is 16.3 Å². The molecule has 0 aliphatic heterocycles. The summed E-state index contributed by atoms with van der Waals surface area (Å²) in [6.07, 6.45) is 0. The van der Waals surface area contributed by atoms with E-state index in [1.54, 1.807) is 6.92 Å². The fourth-order valence-electron chi connectivity index (χ4n) is 1.35. The Balaban J connectivity index is 1.92. The van der Waals surface area contributed by atoms with Gasteiger partial charge >= 0.3 is 0 Å². The van der Waals surface area contributed by atoms with Gasteiger partial charge in [0.2, 0.25) is 4.77 Å². The summed E-state index contributed by atoms with van der Waals surface area (Å²) in [5, 5.41) is 5.47. The lowest BCUT2D eigenvalue weighted by Crippen LogP contribution is -2.09. The van der Waals surface area contributed by atoms with E-state index in [1.165, 1.54) is 11.8 Å². The molecule has 0 saturated heterocycles. The van der Waals surface area contributed by atoms with E-state index >= 15 is 0 Å². The van der Waals surface area contributed by atoms with E-state index in [9.17, 15) is 8.78 Å². The van der Waals surface area contributed by atoms with Gasteiger partial charge in [-0.2, -0.15) is 0 Å². The molecule has 0 saturated carbocycles. The number of H-pyrrole nitrogens is 2. The Bertz CT molecular complexity index is 614. The molecule has 8 heteroatoms. The molecule has 2 N–H and O–H groups in total. The Kier molecular flexibility index (Phi) is 4.54. The number of aromatic nitrogens is 3. The molecule has 19 heavy (non-hydrogen) atoms. The second-order valence-electron chi connectivity index (χ2n) is 3.68. The first-order valence-corrected chi connectivity index (χ1v) is 6.87. The number of halogens is 2. The lowest BCUT2D eigenvalue weighted by atomic mass is 10.3. The Hall–Kier alpha value is -1.41. The van der Waals surface area contributed by atoms with Crippen molar-refractivity contribution < 1.29 is 13.5 Å². The second-order valence-corrected chi connectivity index (χ2v) is 5.36. The molecule has 1 unspecified atom stereocenters. The molecule has 0 amide bonds. The highest BCUT2D eigenvalue weighted by atomic mass is 32.2. The number of nitrogens with zero attached hydrogens (tertiary/aromatic N) is 1. The predicted molar refractivity (Wildman–Crippen MR) is 71.5 cm³/mol. The van der Waals surface area contributed by atoms with Crippen LogP contribution >= 0.6 is 24.0 Å². The first kappa shape index (κ1) is 14.0. The molecule has 0 bridgehead atoms. The van der Waals surface area contributed by atoms with Crippen molar-refractivity contribution in [3.63, 3.8) is 0 Å². The minimum Gasteiger partial charge on any atom is -0.477 e. The van der Waals surface area contributed by atoms with Crippen LogP contribution in [0.2, 0.25) is 0 Å². The maximum absolute atomic E-state index is 13.4. The summed E-state index contributed by atoms with van der Waals surface area (Å²) in [6.45, 7) is 1.75. The number of nitrogens with one attached hydrogen (secondary N) is 2. The molecule has 0 radical (unpaired) electrons. The van der Waals surface area contributed by atoms with Gasteiger partial charge in [0.05, 0.1) is 5.75 Å². The minimum absolute atomic E-state index is 0.102. The van der Waals surface area contributed by atoms with Crippen LogP contribution < -0.4 is 4.74 Å². The largest absolute Gasteiger partial charge is 0.477 e. The minimum atomic E-state index is -0.590. The van der Waals surface area contributed by atoms with Crippen molar-refractivity contribution in [2.45, 2.75) is 18.1 Å². The zero-order chi connectivity index (χ0) is 13.8. The van der Waals surface area contributed by atoms with Gasteiger partial charge in [0.1, 0.15) is 17.1 Å². The molecule has 0 fully saturated rings. The van der Waals surface area contributed by atoms with E-state index in [4.69, 9.17) is 17.0 Å². The SMILES string of the molecule is CC(Oc1cc(F)ccc1F)SCc1nc(=S)[nH][nH]1. The molecule has 0 spiro atoms. The first-order chi connectivity index (χ1) is 9.04. The summed E-state index contributed by atoms with van der Waals surface area (Å²) in [7, 11) is 0. The van der Waals surface area contributed by atoms with Gasteiger partial charge in [0.15, 0.2) is 11.6 Å². The Morgan fingerprint density at radius 1 is 1.42 bits per heavy atom. The van der Waals surface area contributed by atoms with Crippen molar-refractivity contribution in [1.29, 1.82) is 0 Å². The van der Waals surface area contributed by atoms with E-state index in [0.717, 1.165) is 18.2 Å². The molecule has 4 nitrogen and oxygen atoms in total. The van der Waals surface area contributed by atoms with Crippen LogP contribution in [0.3, 0.4) is 0 Å². The Labute approximate surface area is 117 Å². The van der Waals surface area contributed by atoms with Gasteiger partial charge in [-0.1, -0.05) is 0 Å². The lowest BCUT2D eigenvalue weighted by molar-refractivity contribution is 0.290. The van der Waals surface area contributed by atoms with E-state index in [-0.39, 0.29) is 11.2 Å². The molecule has 2 aromatic rings. The summed E-state index contributed by atoms with van der Waals surface area (Å²) in [5.74, 6) is -0.0382. The fraction of sp³-hybridized carbons (Fsp3) is 0.273. The highest BCUT2D eigenvalue weighted by molar-refractivity contribution is 7.98. The number of thioether (sulfide) groups is 1. The second kappa shape index (κ2) is 6.16. The zero-order valence-electron chi connectivity index (χ0n) is 9.94. The third-order valence-electron chi connectivity index (χ3n) is 2.19. The first-order valence-electron chi connectivity index (χ1n) is 5.41. The highest BCUT2D eigenvalue weighted by Gasteiger charge is 2.11. The van der Waals surface area contributed by atoms with E-state index in [2.05, 4.69) is 15.2 Å². The van der Waals surface area contributed by atoms with Gasteiger partial charge in [-0.15, -0.1) is 11.8 Å². The molecule has 1 aromatic heterocycles. The van der Waals surface area contributed by atoms with Gasteiger partial charge in [-0.25, -0.2) is 13.8 Å². The molecular weight excluding hydrogens is 292 g/mol. The van der Waals surface area contributed by atoms with Crippen LogP contribution in [-0.4, -0.2) is 20.6 Å². The predicted octanol–water partition coefficient (Wildman–Crippen LogP) is 3.40. The number of ether oxygens (including phenoxy) is 1. The maximum Gasteiger partial charge on any atom is 0.213 e. The number of benzene rings is 1. The van der Waals surface area contributed by atoms with Crippen LogP contribution in [0.5, 0.6) is 5.75 Å². The maximum atomic E-state index is 13.4. The summed E-state index contributed by atoms with van der Waals surface area (Å²) in [4.78, 5) is 4.01. The van der Waals surface area contributed by atoms with Gasteiger partial charge in [-0.3, -0.25) is 10.2 Å². The number of hydrogen-bond donors (Lipinski definition) is 2. The summed E-state index contributed by atoms with van der Waals surface area (Å²) in [6, 6.07) is 3.10. The molecular formula is C11H11F2N3OS2. The van der Waals surface area contributed by atoms with E-state index in [1.807, 2.05) is 0 Å². The molecule has 2 rings (SSSR count). The van der Waals surface area contributed by atoms with Crippen molar-refractivity contribution in [3.05, 3.63) is 40.4 Å². The smallest absolute Gasteiger partial charge is 0.213 e. The van der Waals surface area contributed by atoms with Crippen LogP contribution in [0.25, 0.3) is 0 Å². The van der Waals surface area contributed by atoms with E-state index < -0.39 is 11.6 Å². The average molecular weight is 303 g/mol. The van der Waals surface area contributed by atoms with Gasteiger partial charge in [-0.05, 0) is 31.3 Å². The van der Waals surface area contributed by atoms with Crippen LogP contribution in [-0.2, 0) is 5.75 Å². The lowest BCUT2D eigenvalue weighted by Gasteiger charge is -2.14. The molecule has 1 atom stereocenters. The van der Waals surface area contributed by atoms with Crippen molar-refractivity contribution in [2.75, 3.05) is 0 Å². The summed E-state index contributed by atoms with van der Waals surface area (Å²) >= 11 is 6.20. The highest BCUT2D eigenvalue weighted by Crippen LogP contribution is 2.24. The van der Waals surface area contributed by atoms with Gasteiger partial charge < -0.3 is 4.74 Å². The third kappa shape index (κ3) is 4.03. The van der Waals surface area contributed by atoms with Crippen LogP contribution in [0.1, 0.15) is 12.7 Å². The van der Waals surface area contributed by atoms with Crippen LogP contribution in [0, 0.1) is 16.4 Å². The topological polar surface area (TPSA) is 53.7 Å². The summed E-state index contributed by atoms with van der Waals surface area (Å²) in [5.41, 5.74) is -0.352. The number of hydrogen-bond acceptors (Lipinski definition) is 4. The van der Waals surface area contributed by atoms with Crippen molar-refractivity contribution in [2.24, 2.45) is 0 Å². The zero-order valence-corrected chi connectivity index (χ0v) is 11.6. The van der Waals surface area contributed by atoms with Crippen molar-refractivity contribution in [3.8, 4) is 5.75 Å². The number of rotatable bonds is 5. The van der Waals surface area contributed by atoms with Crippen LogP contribution in [0.4, 0.5) is 8.78 Å². The third-order valence-corrected chi connectivity index (χ3v) is 3.39. The normalized spacial score (nSPS) is 12.4. The van der Waals surface area contributed by atoms with Crippen LogP contribution in [0.15, 0.2) is 18.2 Å². The molecule has 0 aliphatic carbocycles. The Morgan fingerprint density at radius 3 is 2.89 bits per heavy atom. The molecule has 102 valence electrons. The molecule has 0 aliphatic rings. The van der Waals surface area contributed by atoms with Crippen molar-refractivity contribution in [1.82, 2.24) is 15.2 Å². The quantitative estimate of drug-likeness (QED) is 0.656. The number of aromatic amines is 2. The van der Waals surface area contributed by atoms with Gasteiger partial charge in [0.25, 0.3) is 0 Å². The summed E-state index contributed by atoms with van der Waals surface area (Å²) < 4.78 is 32.0. The fourth-order valence-corrected chi connectivity index (χ4v) is 2.21. The van der Waals surface area contributed by atoms with Gasteiger partial charge in [0, 0.05) is 6.07 Å². The Morgan fingerprint density at radius 2 is 2.21 bits per heavy atom. The molecule has 1 aromatic carbocycles. The standard InChI is InChI=1S/C11H11F2N3OS2/c1-6(19-5-10-14-11(18)16-15-10)17-9-4-7(12)2-3-8(9)13/h2-4,6H,5H2,1H3,(H2,14,15,16,18). The molecule has 1 heterocycles. The van der Waals surface area contributed by atoms with Crippen molar-refractivity contribution >= 4 is 24.0 Å².